The van der Waals surface area contributed by atoms with Gasteiger partial charge in [-0.05, 0) is 13.8 Å². The monoisotopic (exact) mass is 200 g/mol. The van der Waals surface area contributed by atoms with Gasteiger partial charge in [-0.2, -0.15) is 0 Å². The van der Waals surface area contributed by atoms with Crippen LogP contribution in [0.5, 0.6) is 0 Å². The molecule has 4 fully saturated rings. The lowest BCUT2D eigenvalue weighted by Gasteiger charge is -2.41. The van der Waals surface area contributed by atoms with Gasteiger partial charge in [0.05, 0.1) is 6.61 Å². The molecule has 4 aliphatic heterocycles. The normalized spacial score (nSPS) is 48.9. The SMILES string of the molecule is CC1(C)O[C@@H]2[C@H](O1)[C@@H]1OC[C@H]2OC1=O. The molecule has 4 heterocycles. The molecular weight excluding hydrogens is 188 g/mol. The third kappa shape index (κ3) is 1.03. The molecule has 0 aromatic heterocycles. The Morgan fingerprint density at radius 1 is 1.29 bits per heavy atom. The largest absolute Gasteiger partial charge is 0.455 e. The fraction of sp³-hybridized carbons (Fsp3) is 0.889. The first kappa shape index (κ1) is 8.64. The van der Waals surface area contributed by atoms with Crippen LogP contribution in [0.25, 0.3) is 0 Å². The van der Waals surface area contributed by atoms with E-state index < -0.39 is 11.9 Å². The number of ether oxygens (including phenoxy) is 4. The molecule has 0 unspecified atom stereocenters. The van der Waals surface area contributed by atoms with Crippen molar-refractivity contribution in [3.63, 3.8) is 0 Å². The van der Waals surface area contributed by atoms with E-state index in [0.717, 1.165) is 0 Å². The van der Waals surface area contributed by atoms with Gasteiger partial charge in [0.15, 0.2) is 18.0 Å². The van der Waals surface area contributed by atoms with Crippen LogP contribution < -0.4 is 0 Å². The second-order valence-corrected chi connectivity index (χ2v) is 4.29. The van der Waals surface area contributed by atoms with Gasteiger partial charge in [-0.1, -0.05) is 0 Å². The summed E-state index contributed by atoms with van der Waals surface area (Å²) in [7, 11) is 0. The minimum absolute atomic E-state index is 0.165. The molecule has 0 aliphatic carbocycles. The Hall–Kier alpha value is -0.650. The van der Waals surface area contributed by atoms with Gasteiger partial charge in [0.1, 0.15) is 12.2 Å². The van der Waals surface area contributed by atoms with Crippen LogP contribution in [-0.4, -0.2) is 42.8 Å². The van der Waals surface area contributed by atoms with Crippen LogP contribution in [0.2, 0.25) is 0 Å². The van der Waals surface area contributed by atoms with E-state index in [0.29, 0.717) is 6.61 Å². The average molecular weight is 200 g/mol. The standard InChI is InChI=1S/C9H12O5/c1-9(2)13-5-4-3-11-7(6(5)14-9)8(10)12-4/h4-7H,3H2,1-2H3/t4-,5+,6+,7+/m1/s1. The maximum absolute atomic E-state index is 11.3. The van der Waals surface area contributed by atoms with Crippen molar-refractivity contribution in [3.05, 3.63) is 0 Å². The summed E-state index contributed by atoms with van der Waals surface area (Å²) in [5, 5.41) is 0. The van der Waals surface area contributed by atoms with E-state index in [1.807, 2.05) is 13.8 Å². The molecule has 0 amide bonds. The topological polar surface area (TPSA) is 54.0 Å². The van der Waals surface area contributed by atoms with Crippen LogP contribution in [0.1, 0.15) is 13.8 Å². The molecule has 0 N–H and O–H groups in total. The first-order chi connectivity index (χ1) is 6.57. The third-order valence-electron chi connectivity index (χ3n) is 2.77. The molecule has 0 spiro atoms. The summed E-state index contributed by atoms with van der Waals surface area (Å²) in [6.45, 7) is 4.07. The molecule has 5 nitrogen and oxygen atoms in total. The maximum Gasteiger partial charge on any atom is 0.338 e. The Balaban J connectivity index is 1.92. The Bertz CT molecular complexity index is 287. The van der Waals surface area contributed by atoms with Gasteiger partial charge in [0.2, 0.25) is 0 Å². The van der Waals surface area contributed by atoms with Crippen molar-refractivity contribution in [2.24, 2.45) is 0 Å². The number of esters is 1. The number of hydrogen-bond donors (Lipinski definition) is 0. The molecule has 78 valence electrons. The molecule has 4 aliphatic rings. The van der Waals surface area contributed by atoms with E-state index in [-0.39, 0.29) is 24.3 Å². The number of fused-ring (bicyclic) bond motifs is 2. The van der Waals surface area contributed by atoms with Gasteiger partial charge < -0.3 is 18.9 Å². The lowest BCUT2D eigenvalue weighted by molar-refractivity contribution is -0.229. The molecule has 14 heavy (non-hydrogen) atoms. The summed E-state index contributed by atoms with van der Waals surface area (Å²) in [6, 6.07) is 0. The number of hydrogen-bond acceptors (Lipinski definition) is 5. The molecule has 4 rings (SSSR count). The predicted molar refractivity (Wildman–Crippen MR) is 43.4 cm³/mol. The number of rotatable bonds is 0. The predicted octanol–water partition coefficient (Wildman–Crippen LogP) is -0.169. The average Bonchev–Trinajstić information content (AvgIpc) is 2.41. The number of carbonyl (C=O) groups is 1. The van der Waals surface area contributed by atoms with Crippen LogP contribution in [0, 0.1) is 0 Å². The van der Waals surface area contributed by atoms with Crippen LogP contribution in [0.4, 0.5) is 0 Å². The molecule has 2 bridgehead atoms. The fourth-order valence-electron chi connectivity index (χ4n) is 2.25. The van der Waals surface area contributed by atoms with Crippen molar-refractivity contribution in [2.75, 3.05) is 6.61 Å². The van der Waals surface area contributed by atoms with E-state index >= 15 is 0 Å². The van der Waals surface area contributed by atoms with Crippen molar-refractivity contribution >= 4 is 5.97 Å². The Labute approximate surface area is 81.3 Å². The number of carbonyl (C=O) groups excluding carboxylic acids is 1. The van der Waals surface area contributed by atoms with Gasteiger partial charge >= 0.3 is 5.97 Å². The zero-order chi connectivity index (χ0) is 9.92. The summed E-state index contributed by atoms with van der Waals surface area (Å²) in [6.07, 6.45) is -1.38. The van der Waals surface area contributed by atoms with Gasteiger partial charge in [0.25, 0.3) is 0 Å². The lowest BCUT2D eigenvalue weighted by atomic mass is 9.97. The summed E-state index contributed by atoms with van der Waals surface area (Å²) in [5.74, 6) is -0.975. The van der Waals surface area contributed by atoms with Crippen LogP contribution in [0.3, 0.4) is 0 Å². The van der Waals surface area contributed by atoms with E-state index in [1.54, 1.807) is 0 Å². The zero-order valence-corrected chi connectivity index (χ0v) is 8.06. The molecule has 0 saturated carbocycles. The summed E-state index contributed by atoms with van der Waals surface area (Å²) in [5.41, 5.74) is 0. The van der Waals surface area contributed by atoms with Gasteiger partial charge in [-0.15, -0.1) is 0 Å². The molecule has 0 aromatic rings. The Kier molecular flexibility index (Phi) is 1.53. The smallest absolute Gasteiger partial charge is 0.338 e. The summed E-state index contributed by atoms with van der Waals surface area (Å²) < 4.78 is 21.7. The van der Waals surface area contributed by atoms with E-state index in [4.69, 9.17) is 18.9 Å². The lowest BCUT2D eigenvalue weighted by Crippen LogP contribution is -2.61. The van der Waals surface area contributed by atoms with E-state index in [2.05, 4.69) is 0 Å². The van der Waals surface area contributed by atoms with Crippen molar-refractivity contribution < 1.29 is 23.7 Å². The Morgan fingerprint density at radius 3 is 2.71 bits per heavy atom. The molecule has 0 radical (unpaired) electrons. The van der Waals surface area contributed by atoms with Crippen LogP contribution in [-0.2, 0) is 23.7 Å². The fourth-order valence-corrected chi connectivity index (χ4v) is 2.25. The molecule has 4 saturated heterocycles. The van der Waals surface area contributed by atoms with Crippen molar-refractivity contribution in [2.45, 2.75) is 44.1 Å². The first-order valence-electron chi connectivity index (χ1n) is 4.74. The highest BCUT2D eigenvalue weighted by Crippen LogP contribution is 2.39. The van der Waals surface area contributed by atoms with Gasteiger partial charge in [-0.3, -0.25) is 0 Å². The quantitative estimate of drug-likeness (QED) is 0.508. The van der Waals surface area contributed by atoms with E-state index in [9.17, 15) is 4.79 Å². The second-order valence-electron chi connectivity index (χ2n) is 4.29. The molecule has 5 heteroatoms. The molecule has 4 atom stereocenters. The highest BCUT2D eigenvalue weighted by molar-refractivity contribution is 5.77. The van der Waals surface area contributed by atoms with Crippen molar-refractivity contribution in [1.82, 2.24) is 0 Å². The zero-order valence-electron chi connectivity index (χ0n) is 8.06. The minimum Gasteiger partial charge on any atom is -0.455 e. The molecule has 0 aromatic carbocycles. The van der Waals surface area contributed by atoms with Crippen LogP contribution in [0.15, 0.2) is 0 Å². The van der Waals surface area contributed by atoms with Gasteiger partial charge in [-0.25, -0.2) is 4.79 Å². The highest BCUT2D eigenvalue weighted by atomic mass is 16.8. The second kappa shape index (κ2) is 2.48. The first-order valence-corrected chi connectivity index (χ1v) is 4.74. The van der Waals surface area contributed by atoms with Gasteiger partial charge in [0, 0.05) is 0 Å². The maximum atomic E-state index is 11.3. The summed E-state index contributed by atoms with van der Waals surface area (Å²) in [4.78, 5) is 11.3. The Morgan fingerprint density at radius 2 is 2.00 bits per heavy atom. The molecular formula is C9H12O5. The van der Waals surface area contributed by atoms with E-state index in [1.165, 1.54) is 0 Å². The van der Waals surface area contributed by atoms with Crippen LogP contribution >= 0.6 is 0 Å². The van der Waals surface area contributed by atoms with Crippen molar-refractivity contribution in [1.29, 1.82) is 0 Å². The summed E-state index contributed by atoms with van der Waals surface area (Å²) >= 11 is 0. The minimum atomic E-state index is -0.645. The highest BCUT2D eigenvalue weighted by Gasteiger charge is 2.59. The van der Waals surface area contributed by atoms with Crippen molar-refractivity contribution in [3.8, 4) is 0 Å². The third-order valence-corrected chi connectivity index (χ3v) is 2.77.